The SMILES string of the molecule is N#Cc1c(Cl)nsc1C(=O)O. The topological polar surface area (TPSA) is 74.0 Å². The van der Waals surface area contributed by atoms with Crippen molar-refractivity contribution in [2.75, 3.05) is 0 Å². The number of hydrogen-bond donors (Lipinski definition) is 1. The standard InChI is InChI=1S/C5HClN2O2S/c6-4-2(1-7)3(5(9)10)11-8-4/h(H,9,10). The molecular formula is C5HClN2O2S. The minimum atomic E-state index is -1.18. The van der Waals surface area contributed by atoms with Crippen LogP contribution in [0.4, 0.5) is 0 Å². The first-order valence-electron chi connectivity index (χ1n) is 2.45. The molecule has 0 bridgehead atoms. The van der Waals surface area contributed by atoms with Crippen LogP contribution in [0, 0.1) is 11.3 Å². The van der Waals surface area contributed by atoms with E-state index in [0.717, 1.165) is 0 Å². The molecule has 56 valence electrons. The molecule has 0 aliphatic rings. The maximum atomic E-state index is 10.4. The maximum Gasteiger partial charge on any atom is 0.348 e. The number of halogens is 1. The first kappa shape index (κ1) is 7.98. The third-order valence-electron chi connectivity index (χ3n) is 0.956. The molecule has 0 radical (unpaired) electrons. The summed E-state index contributed by atoms with van der Waals surface area (Å²) in [5.41, 5.74) is -0.0656. The predicted molar refractivity (Wildman–Crippen MR) is 38.8 cm³/mol. The van der Waals surface area contributed by atoms with Crippen LogP contribution in [0.5, 0.6) is 0 Å². The average Bonchev–Trinajstić information content (AvgIpc) is 2.30. The van der Waals surface area contributed by atoms with Crippen molar-refractivity contribution in [1.82, 2.24) is 4.37 Å². The van der Waals surface area contributed by atoms with E-state index in [1.807, 2.05) is 0 Å². The van der Waals surface area contributed by atoms with Crippen LogP contribution in [0.3, 0.4) is 0 Å². The summed E-state index contributed by atoms with van der Waals surface area (Å²) < 4.78 is 3.51. The first-order valence-corrected chi connectivity index (χ1v) is 3.60. The van der Waals surface area contributed by atoms with Crippen molar-refractivity contribution >= 4 is 29.1 Å². The number of carboxylic acids is 1. The summed E-state index contributed by atoms with van der Waals surface area (Å²) in [5.74, 6) is -1.18. The summed E-state index contributed by atoms with van der Waals surface area (Å²) in [6, 6.07) is 1.66. The molecule has 1 aromatic rings. The van der Waals surface area contributed by atoms with Gasteiger partial charge in [0, 0.05) is 0 Å². The van der Waals surface area contributed by atoms with Crippen LogP contribution in [0.15, 0.2) is 0 Å². The first-order chi connectivity index (χ1) is 5.16. The monoisotopic (exact) mass is 188 g/mol. The van der Waals surface area contributed by atoms with Gasteiger partial charge in [-0.15, -0.1) is 0 Å². The Morgan fingerprint density at radius 2 is 2.45 bits per heavy atom. The van der Waals surface area contributed by atoms with Crippen molar-refractivity contribution in [3.63, 3.8) is 0 Å². The molecular weight excluding hydrogens is 188 g/mol. The van der Waals surface area contributed by atoms with E-state index in [1.165, 1.54) is 0 Å². The molecule has 1 rings (SSSR count). The Labute approximate surface area is 70.8 Å². The molecule has 0 saturated carbocycles. The third-order valence-corrected chi connectivity index (χ3v) is 2.17. The minimum absolute atomic E-state index is 0.0464. The van der Waals surface area contributed by atoms with Gasteiger partial charge in [-0.3, -0.25) is 0 Å². The summed E-state index contributed by atoms with van der Waals surface area (Å²) in [6.45, 7) is 0. The van der Waals surface area contributed by atoms with Crippen LogP contribution >= 0.6 is 23.1 Å². The second-order valence-electron chi connectivity index (χ2n) is 1.59. The normalized spacial score (nSPS) is 9.09. The fourth-order valence-corrected chi connectivity index (χ4v) is 1.38. The zero-order chi connectivity index (χ0) is 8.43. The summed E-state index contributed by atoms with van der Waals surface area (Å²) in [4.78, 5) is 10.2. The third kappa shape index (κ3) is 1.31. The van der Waals surface area contributed by atoms with E-state index < -0.39 is 5.97 Å². The van der Waals surface area contributed by atoms with Crippen LogP contribution in [-0.2, 0) is 0 Å². The number of aromatic nitrogens is 1. The zero-order valence-corrected chi connectivity index (χ0v) is 6.61. The lowest BCUT2D eigenvalue weighted by Gasteiger charge is -1.83. The number of nitrogens with zero attached hydrogens (tertiary/aromatic N) is 2. The van der Waals surface area contributed by atoms with Gasteiger partial charge in [0.1, 0.15) is 11.6 Å². The van der Waals surface area contributed by atoms with Crippen molar-refractivity contribution in [2.24, 2.45) is 0 Å². The molecule has 11 heavy (non-hydrogen) atoms. The summed E-state index contributed by atoms with van der Waals surface area (Å²) >= 11 is 6.11. The molecule has 1 N–H and O–H groups in total. The molecule has 0 aromatic carbocycles. The Balaban J connectivity index is 3.30. The van der Waals surface area contributed by atoms with Crippen LogP contribution in [0.25, 0.3) is 0 Å². The van der Waals surface area contributed by atoms with E-state index in [4.69, 9.17) is 22.0 Å². The summed E-state index contributed by atoms with van der Waals surface area (Å²) in [6.07, 6.45) is 0. The number of nitriles is 1. The second kappa shape index (κ2) is 2.86. The van der Waals surface area contributed by atoms with Crippen LogP contribution in [-0.4, -0.2) is 15.4 Å². The minimum Gasteiger partial charge on any atom is -0.477 e. The molecule has 1 aromatic heterocycles. The fraction of sp³-hybridized carbons (Fsp3) is 0. The lowest BCUT2D eigenvalue weighted by Crippen LogP contribution is -1.94. The largest absolute Gasteiger partial charge is 0.477 e. The highest BCUT2D eigenvalue weighted by atomic mass is 35.5. The second-order valence-corrected chi connectivity index (χ2v) is 2.73. The molecule has 6 heteroatoms. The fourth-order valence-electron chi connectivity index (χ4n) is 0.514. The van der Waals surface area contributed by atoms with Gasteiger partial charge in [0.05, 0.1) is 0 Å². The molecule has 0 aliphatic carbocycles. The Morgan fingerprint density at radius 1 is 1.82 bits per heavy atom. The van der Waals surface area contributed by atoms with E-state index >= 15 is 0 Å². The zero-order valence-electron chi connectivity index (χ0n) is 5.04. The summed E-state index contributed by atoms with van der Waals surface area (Å²) in [7, 11) is 0. The molecule has 0 unspecified atom stereocenters. The predicted octanol–water partition coefficient (Wildman–Crippen LogP) is 1.37. The van der Waals surface area contributed by atoms with E-state index in [-0.39, 0.29) is 15.6 Å². The van der Waals surface area contributed by atoms with Gasteiger partial charge in [-0.1, -0.05) is 11.6 Å². The van der Waals surface area contributed by atoms with E-state index in [0.29, 0.717) is 11.5 Å². The molecule has 0 spiro atoms. The number of aromatic carboxylic acids is 1. The summed E-state index contributed by atoms with van der Waals surface area (Å²) in [5, 5.41) is 16.8. The highest BCUT2D eigenvalue weighted by molar-refractivity contribution is 7.08. The number of carbonyl (C=O) groups is 1. The van der Waals surface area contributed by atoms with Crippen molar-refractivity contribution in [3.05, 3.63) is 15.6 Å². The highest BCUT2D eigenvalue weighted by Crippen LogP contribution is 2.21. The van der Waals surface area contributed by atoms with Crippen molar-refractivity contribution in [1.29, 1.82) is 5.26 Å². The van der Waals surface area contributed by atoms with Gasteiger partial charge >= 0.3 is 5.97 Å². The molecule has 0 aliphatic heterocycles. The maximum absolute atomic E-state index is 10.4. The van der Waals surface area contributed by atoms with Crippen molar-refractivity contribution < 1.29 is 9.90 Å². The van der Waals surface area contributed by atoms with Crippen molar-refractivity contribution in [3.8, 4) is 6.07 Å². The van der Waals surface area contributed by atoms with Gasteiger partial charge in [-0.05, 0) is 11.5 Å². The number of rotatable bonds is 1. The van der Waals surface area contributed by atoms with Gasteiger partial charge in [-0.25, -0.2) is 4.79 Å². The Hall–Kier alpha value is -1.12. The van der Waals surface area contributed by atoms with E-state index in [2.05, 4.69) is 4.37 Å². The van der Waals surface area contributed by atoms with Gasteiger partial charge in [0.15, 0.2) is 10.0 Å². The average molecular weight is 189 g/mol. The highest BCUT2D eigenvalue weighted by Gasteiger charge is 2.17. The van der Waals surface area contributed by atoms with Crippen LogP contribution in [0.1, 0.15) is 15.2 Å². The van der Waals surface area contributed by atoms with Crippen LogP contribution in [0.2, 0.25) is 5.15 Å². The Kier molecular flexibility index (Phi) is 2.08. The number of carboxylic acid groups (broad SMARTS) is 1. The molecule has 0 atom stereocenters. The molecule has 1 heterocycles. The molecule has 4 nitrogen and oxygen atoms in total. The quantitative estimate of drug-likeness (QED) is 0.722. The van der Waals surface area contributed by atoms with Gasteiger partial charge < -0.3 is 5.11 Å². The van der Waals surface area contributed by atoms with E-state index in [1.54, 1.807) is 6.07 Å². The van der Waals surface area contributed by atoms with Gasteiger partial charge in [0.2, 0.25) is 0 Å². The van der Waals surface area contributed by atoms with Gasteiger partial charge in [0.25, 0.3) is 0 Å². The number of hydrogen-bond acceptors (Lipinski definition) is 4. The Morgan fingerprint density at radius 3 is 2.82 bits per heavy atom. The molecule has 0 saturated heterocycles. The lowest BCUT2D eigenvalue weighted by atomic mass is 10.3. The Bertz CT molecular complexity index is 341. The van der Waals surface area contributed by atoms with Crippen LogP contribution < -0.4 is 0 Å². The van der Waals surface area contributed by atoms with E-state index in [9.17, 15) is 4.79 Å². The molecule has 0 fully saturated rings. The smallest absolute Gasteiger partial charge is 0.348 e. The van der Waals surface area contributed by atoms with Crippen molar-refractivity contribution in [2.45, 2.75) is 0 Å². The van der Waals surface area contributed by atoms with Gasteiger partial charge in [-0.2, -0.15) is 9.64 Å². The molecule has 0 amide bonds. The lowest BCUT2D eigenvalue weighted by molar-refractivity contribution is 0.0702.